The molecule has 7 heteroatoms. The lowest BCUT2D eigenvalue weighted by molar-refractivity contribution is -0.385. The maximum atomic E-state index is 11.2. The number of hydrogen-bond donors (Lipinski definition) is 1. The van der Waals surface area contributed by atoms with Gasteiger partial charge in [-0.05, 0) is 19.4 Å². The first-order valence-corrected chi connectivity index (χ1v) is 6.43. The summed E-state index contributed by atoms with van der Waals surface area (Å²) in [4.78, 5) is 20.3. The second-order valence-electron chi connectivity index (χ2n) is 4.94. The molecule has 0 fully saturated rings. The molecule has 1 aromatic carbocycles. The van der Waals surface area contributed by atoms with Crippen LogP contribution in [-0.4, -0.2) is 21.9 Å². The van der Waals surface area contributed by atoms with E-state index in [0.29, 0.717) is 6.54 Å². The fourth-order valence-corrected chi connectivity index (χ4v) is 2.21. The first kappa shape index (κ1) is 14.7. The van der Waals surface area contributed by atoms with Crippen LogP contribution in [0.25, 0.3) is 0 Å². The molecule has 7 nitrogen and oxygen atoms in total. The number of anilines is 2. The van der Waals surface area contributed by atoms with Crippen LogP contribution in [0.3, 0.4) is 0 Å². The highest BCUT2D eigenvalue weighted by Crippen LogP contribution is 2.29. The smallest absolute Gasteiger partial charge is 0.332 e. The molecule has 110 valence electrons. The van der Waals surface area contributed by atoms with Gasteiger partial charge in [-0.25, -0.2) is 4.98 Å². The predicted octanol–water partition coefficient (Wildman–Crippen LogP) is 2.22. The van der Waals surface area contributed by atoms with E-state index in [4.69, 9.17) is 5.73 Å². The summed E-state index contributed by atoms with van der Waals surface area (Å²) in [6.07, 6.45) is 0. The predicted molar refractivity (Wildman–Crippen MR) is 81.1 cm³/mol. The molecule has 0 atom stereocenters. The van der Waals surface area contributed by atoms with Crippen molar-refractivity contribution in [2.45, 2.75) is 20.4 Å². The molecule has 1 heterocycles. The summed E-state index contributed by atoms with van der Waals surface area (Å²) >= 11 is 0. The van der Waals surface area contributed by atoms with Crippen molar-refractivity contribution in [3.05, 3.63) is 51.2 Å². The average molecular weight is 287 g/mol. The normalized spacial score (nSPS) is 10.4. The third-order valence-corrected chi connectivity index (χ3v) is 3.10. The molecule has 0 radical (unpaired) electrons. The molecular formula is C14H17N5O2. The van der Waals surface area contributed by atoms with E-state index in [1.54, 1.807) is 18.9 Å². The Morgan fingerprint density at radius 2 is 2.05 bits per heavy atom. The van der Waals surface area contributed by atoms with Crippen LogP contribution < -0.4 is 10.6 Å². The Bertz CT molecular complexity index is 687. The molecule has 0 aliphatic heterocycles. The summed E-state index contributed by atoms with van der Waals surface area (Å²) in [5, 5.41) is 11.2. The second-order valence-corrected chi connectivity index (χ2v) is 4.94. The Morgan fingerprint density at radius 1 is 1.33 bits per heavy atom. The summed E-state index contributed by atoms with van der Waals surface area (Å²) in [5.74, 6) is 0.260. The monoisotopic (exact) mass is 287 g/mol. The average Bonchev–Trinajstić information content (AvgIpc) is 2.37. The van der Waals surface area contributed by atoms with Gasteiger partial charge in [0.2, 0.25) is 11.8 Å². The minimum atomic E-state index is -0.475. The standard InChI is InChI=1S/C14H17N5O2/c1-9-5-4-6-11(7-9)8-18(3)13-12(19(20)21)10(2)16-14(15)17-13/h4-7H,8H2,1-3H3,(H2,15,16,17). The number of aryl methyl sites for hydroxylation is 2. The first-order valence-electron chi connectivity index (χ1n) is 6.43. The fraction of sp³-hybridized carbons (Fsp3) is 0.286. The first-order chi connectivity index (χ1) is 9.88. The molecule has 1 aromatic heterocycles. The number of nitro groups is 1. The fourth-order valence-electron chi connectivity index (χ4n) is 2.21. The third kappa shape index (κ3) is 3.25. The largest absolute Gasteiger partial charge is 0.368 e. The minimum Gasteiger partial charge on any atom is -0.368 e. The second kappa shape index (κ2) is 5.74. The summed E-state index contributed by atoms with van der Waals surface area (Å²) in [5.41, 5.74) is 7.94. The lowest BCUT2D eigenvalue weighted by Gasteiger charge is -2.19. The van der Waals surface area contributed by atoms with Gasteiger partial charge in [-0.15, -0.1) is 0 Å². The Morgan fingerprint density at radius 3 is 2.67 bits per heavy atom. The van der Waals surface area contributed by atoms with Gasteiger partial charge < -0.3 is 10.6 Å². The van der Waals surface area contributed by atoms with Crippen molar-refractivity contribution < 1.29 is 4.92 Å². The molecule has 2 aromatic rings. The molecule has 2 rings (SSSR count). The van der Waals surface area contributed by atoms with E-state index in [1.807, 2.05) is 31.2 Å². The molecule has 0 saturated carbocycles. The number of benzene rings is 1. The highest BCUT2D eigenvalue weighted by Gasteiger charge is 2.24. The molecule has 0 aliphatic carbocycles. The molecule has 0 spiro atoms. The Labute approximate surface area is 122 Å². The number of nitrogens with two attached hydrogens (primary N) is 1. The molecule has 2 N–H and O–H groups in total. The van der Waals surface area contributed by atoms with Crippen molar-refractivity contribution in [2.75, 3.05) is 17.7 Å². The van der Waals surface area contributed by atoms with E-state index in [-0.39, 0.29) is 23.1 Å². The number of hydrogen-bond acceptors (Lipinski definition) is 6. The van der Waals surface area contributed by atoms with Crippen LogP contribution in [0, 0.1) is 24.0 Å². The zero-order valence-corrected chi connectivity index (χ0v) is 12.2. The number of nitrogens with zero attached hydrogens (tertiary/aromatic N) is 4. The molecule has 21 heavy (non-hydrogen) atoms. The molecular weight excluding hydrogens is 270 g/mol. The van der Waals surface area contributed by atoms with Crippen molar-refractivity contribution in [3.63, 3.8) is 0 Å². The lowest BCUT2D eigenvalue weighted by Crippen LogP contribution is -2.20. The zero-order chi connectivity index (χ0) is 15.6. The maximum absolute atomic E-state index is 11.2. The van der Waals surface area contributed by atoms with Crippen LogP contribution in [0.4, 0.5) is 17.5 Å². The van der Waals surface area contributed by atoms with Gasteiger partial charge in [0, 0.05) is 13.6 Å². The minimum absolute atomic E-state index is 0.0317. The summed E-state index contributed by atoms with van der Waals surface area (Å²) in [7, 11) is 1.75. The third-order valence-electron chi connectivity index (χ3n) is 3.10. The van der Waals surface area contributed by atoms with Crippen molar-refractivity contribution in [1.29, 1.82) is 0 Å². The van der Waals surface area contributed by atoms with E-state index < -0.39 is 4.92 Å². The molecule has 0 bridgehead atoms. The van der Waals surface area contributed by atoms with Crippen molar-refractivity contribution in [2.24, 2.45) is 0 Å². The Balaban J connectivity index is 2.39. The highest BCUT2D eigenvalue weighted by atomic mass is 16.6. The maximum Gasteiger partial charge on any atom is 0.332 e. The van der Waals surface area contributed by atoms with Gasteiger partial charge in [-0.2, -0.15) is 4.98 Å². The van der Waals surface area contributed by atoms with Crippen LogP contribution in [0.15, 0.2) is 24.3 Å². The van der Waals surface area contributed by atoms with E-state index in [9.17, 15) is 10.1 Å². The van der Waals surface area contributed by atoms with Gasteiger partial charge in [0.15, 0.2) is 0 Å². The van der Waals surface area contributed by atoms with Crippen molar-refractivity contribution in [1.82, 2.24) is 9.97 Å². The van der Waals surface area contributed by atoms with Gasteiger partial charge in [0.25, 0.3) is 0 Å². The lowest BCUT2D eigenvalue weighted by atomic mass is 10.1. The Hall–Kier alpha value is -2.70. The van der Waals surface area contributed by atoms with E-state index in [1.165, 1.54) is 0 Å². The van der Waals surface area contributed by atoms with Crippen LogP contribution in [0.1, 0.15) is 16.8 Å². The highest BCUT2D eigenvalue weighted by molar-refractivity contribution is 5.61. The van der Waals surface area contributed by atoms with Crippen molar-refractivity contribution in [3.8, 4) is 0 Å². The number of rotatable bonds is 4. The summed E-state index contributed by atoms with van der Waals surface area (Å²) < 4.78 is 0. The van der Waals surface area contributed by atoms with Crippen LogP contribution in [0.5, 0.6) is 0 Å². The van der Waals surface area contributed by atoms with Gasteiger partial charge in [0.1, 0.15) is 5.69 Å². The van der Waals surface area contributed by atoms with Gasteiger partial charge in [-0.3, -0.25) is 10.1 Å². The van der Waals surface area contributed by atoms with Crippen LogP contribution in [0.2, 0.25) is 0 Å². The van der Waals surface area contributed by atoms with E-state index >= 15 is 0 Å². The van der Waals surface area contributed by atoms with E-state index in [2.05, 4.69) is 9.97 Å². The van der Waals surface area contributed by atoms with Gasteiger partial charge >= 0.3 is 5.69 Å². The SMILES string of the molecule is Cc1cccc(CN(C)c2nc(N)nc(C)c2[N+](=O)[O-])c1. The van der Waals surface area contributed by atoms with E-state index in [0.717, 1.165) is 11.1 Å². The molecule has 0 aliphatic rings. The molecule has 0 unspecified atom stereocenters. The van der Waals surface area contributed by atoms with Crippen LogP contribution >= 0.6 is 0 Å². The Kier molecular flexibility index (Phi) is 4.02. The van der Waals surface area contributed by atoms with Crippen LogP contribution in [-0.2, 0) is 6.54 Å². The topological polar surface area (TPSA) is 98.2 Å². The van der Waals surface area contributed by atoms with Gasteiger partial charge in [-0.1, -0.05) is 29.8 Å². The molecule has 0 saturated heterocycles. The zero-order valence-electron chi connectivity index (χ0n) is 12.2. The quantitative estimate of drug-likeness (QED) is 0.684. The number of aromatic nitrogens is 2. The number of nitrogen functional groups attached to an aromatic ring is 1. The van der Waals surface area contributed by atoms with Gasteiger partial charge in [0.05, 0.1) is 4.92 Å². The van der Waals surface area contributed by atoms with Crippen molar-refractivity contribution >= 4 is 17.5 Å². The summed E-state index contributed by atoms with van der Waals surface area (Å²) in [6, 6.07) is 7.94. The molecule has 0 amide bonds. The summed E-state index contributed by atoms with van der Waals surface area (Å²) in [6.45, 7) is 4.05.